The monoisotopic (exact) mass is 466 g/mol. The summed E-state index contributed by atoms with van der Waals surface area (Å²) in [6.07, 6.45) is 0. The van der Waals surface area contributed by atoms with E-state index in [-0.39, 0.29) is 5.89 Å². The number of carbonyl (C=O) groups is 1. The van der Waals surface area contributed by atoms with Gasteiger partial charge in [0.05, 0.1) is 22.2 Å². The number of hydrogen-bond donors (Lipinski definition) is 1. The summed E-state index contributed by atoms with van der Waals surface area (Å²) in [7, 11) is 0. The summed E-state index contributed by atoms with van der Waals surface area (Å²) in [6, 6.07) is 15.9. The largest absolute Gasteiger partial charge is 0.334 e. The van der Waals surface area contributed by atoms with Crippen LogP contribution in [0, 0.1) is 5.82 Å². The molecular formula is C23H16ClFN4O2S. The highest BCUT2D eigenvalue weighted by Gasteiger charge is 2.36. The van der Waals surface area contributed by atoms with Gasteiger partial charge in [-0.3, -0.25) is 4.90 Å². The maximum atomic E-state index is 13.9. The average Bonchev–Trinajstić information content (AvgIpc) is 3.46. The smallest absolute Gasteiger partial charge is 0.327 e. The van der Waals surface area contributed by atoms with Crippen LogP contribution in [0.5, 0.6) is 0 Å². The van der Waals surface area contributed by atoms with Crippen molar-refractivity contribution in [1.29, 1.82) is 0 Å². The highest BCUT2D eigenvalue weighted by atomic mass is 35.5. The minimum atomic E-state index is -0.554. The number of urea groups is 1. The second kappa shape index (κ2) is 8.22. The minimum absolute atomic E-state index is 0.271. The Hall–Kier alpha value is -3.49. The Bertz CT molecular complexity index is 1320. The number of rotatable bonds is 4. The Balaban J connectivity index is 1.67. The topological polar surface area (TPSA) is 71.3 Å². The van der Waals surface area contributed by atoms with Gasteiger partial charge in [-0.15, -0.1) is 11.3 Å². The van der Waals surface area contributed by atoms with Crippen LogP contribution in [0.15, 0.2) is 76.3 Å². The molecule has 3 heterocycles. The van der Waals surface area contributed by atoms with Crippen molar-refractivity contribution in [2.45, 2.75) is 13.0 Å². The van der Waals surface area contributed by atoms with Gasteiger partial charge in [0.1, 0.15) is 5.82 Å². The molecular weight excluding hydrogens is 451 g/mol. The highest BCUT2D eigenvalue weighted by Crippen LogP contribution is 2.39. The summed E-state index contributed by atoms with van der Waals surface area (Å²) in [5, 5.41) is 9.61. The van der Waals surface area contributed by atoms with Crippen LogP contribution in [0.4, 0.5) is 14.9 Å². The maximum Gasteiger partial charge on any atom is 0.327 e. The molecule has 0 saturated heterocycles. The van der Waals surface area contributed by atoms with Crippen molar-refractivity contribution < 1.29 is 13.7 Å². The first kappa shape index (κ1) is 20.4. The van der Waals surface area contributed by atoms with Crippen LogP contribution in [0.25, 0.3) is 16.3 Å². The fraction of sp³-hybridized carbons (Fsp3) is 0.0870. The van der Waals surface area contributed by atoms with E-state index in [1.807, 2.05) is 29.6 Å². The molecule has 9 heteroatoms. The summed E-state index contributed by atoms with van der Waals surface area (Å²) in [5.41, 5.74) is 2.36. The van der Waals surface area contributed by atoms with Crippen molar-refractivity contribution in [1.82, 2.24) is 15.5 Å². The molecule has 2 aromatic heterocycles. The molecule has 1 aliphatic rings. The summed E-state index contributed by atoms with van der Waals surface area (Å²) in [5.74, 6) is 0.286. The van der Waals surface area contributed by atoms with E-state index in [1.165, 1.54) is 28.4 Å². The SMILES string of the molecule is CC1=C(c2nc(-c3cccs3)no2)C(c2ccc(Cl)cc2)NC(=O)N1c1cccc(F)c1. The van der Waals surface area contributed by atoms with E-state index in [0.29, 0.717) is 27.8 Å². The lowest BCUT2D eigenvalue weighted by molar-refractivity contribution is 0.244. The number of carbonyl (C=O) groups excluding carboxylic acids is 1. The van der Waals surface area contributed by atoms with Crippen molar-refractivity contribution in [2.24, 2.45) is 0 Å². The lowest BCUT2D eigenvalue weighted by atomic mass is 9.94. The zero-order valence-electron chi connectivity index (χ0n) is 16.8. The van der Waals surface area contributed by atoms with E-state index in [0.717, 1.165) is 10.4 Å². The van der Waals surface area contributed by atoms with Crippen LogP contribution in [0.3, 0.4) is 0 Å². The lowest BCUT2D eigenvalue weighted by Gasteiger charge is -2.35. The number of allylic oxidation sites excluding steroid dienone is 1. The fourth-order valence-corrected chi connectivity index (χ4v) is 4.47. The number of thiophene rings is 1. The van der Waals surface area contributed by atoms with Gasteiger partial charge in [0.25, 0.3) is 5.89 Å². The molecule has 2 aromatic carbocycles. The molecule has 160 valence electrons. The second-order valence-electron chi connectivity index (χ2n) is 7.15. The Morgan fingerprint density at radius 1 is 1.16 bits per heavy atom. The number of hydrogen-bond acceptors (Lipinski definition) is 5. The van der Waals surface area contributed by atoms with Gasteiger partial charge in [-0.25, -0.2) is 9.18 Å². The number of halogens is 2. The zero-order chi connectivity index (χ0) is 22.2. The first-order chi connectivity index (χ1) is 15.5. The van der Waals surface area contributed by atoms with E-state index in [9.17, 15) is 9.18 Å². The summed E-state index contributed by atoms with van der Waals surface area (Å²) in [4.78, 5) is 20.0. The number of aromatic nitrogens is 2. The first-order valence-electron chi connectivity index (χ1n) is 9.71. The van der Waals surface area contributed by atoms with Crippen LogP contribution in [0.2, 0.25) is 5.02 Å². The summed E-state index contributed by atoms with van der Waals surface area (Å²) >= 11 is 7.55. The summed E-state index contributed by atoms with van der Waals surface area (Å²) < 4.78 is 19.5. The molecule has 2 amide bonds. The Kier molecular flexibility index (Phi) is 5.24. The second-order valence-corrected chi connectivity index (χ2v) is 8.53. The molecule has 1 aliphatic heterocycles. The predicted octanol–water partition coefficient (Wildman–Crippen LogP) is 6.29. The molecule has 1 N–H and O–H groups in total. The molecule has 1 unspecified atom stereocenters. The van der Waals surface area contributed by atoms with Crippen LogP contribution in [0.1, 0.15) is 24.4 Å². The van der Waals surface area contributed by atoms with Crippen LogP contribution >= 0.6 is 22.9 Å². The number of amides is 2. The third-order valence-electron chi connectivity index (χ3n) is 5.15. The average molecular weight is 467 g/mol. The Morgan fingerprint density at radius 2 is 1.97 bits per heavy atom. The van der Waals surface area contributed by atoms with Gasteiger partial charge in [-0.1, -0.05) is 41.0 Å². The fourth-order valence-electron chi connectivity index (χ4n) is 3.69. The first-order valence-corrected chi connectivity index (χ1v) is 11.0. The Morgan fingerprint density at radius 3 is 2.69 bits per heavy atom. The normalized spacial score (nSPS) is 16.4. The van der Waals surface area contributed by atoms with Gasteiger partial charge >= 0.3 is 6.03 Å². The van der Waals surface area contributed by atoms with Crippen molar-refractivity contribution in [3.8, 4) is 10.7 Å². The molecule has 0 bridgehead atoms. The van der Waals surface area contributed by atoms with Gasteiger partial charge in [-0.2, -0.15) is 4.98 Å². The molecule has 6 nitrogen and oxygen atoms in total. The molecule has 0 radical (unpaired) electrons. The van der Waals surface area contributed by atoms with Gasteiger partial charge < -0.3 is 9.84 Å². The van der Waals surface area contributed by atoms with Gasteiger partial charge in [0.15, 0.2) is 0 Å². The summed E-state index contributed by atoms with van der Waals surface area (Å²) in [6.45, 7) is 1.77. The molecule has 0 aliphatic carbocycles. The number of nitrogens with zero attached hydrogens (tertiary/aromatic N) is 3. The van der Waals surface area contributed by atoms with Crippen LogP contribution in [-0.2, 0) is 0 Å². The van der Waals surface area contributed by atoms with E-state index < -0.39 is 17.9 Å². The molecule has 5 rings (SSSR count). The maximum absolute atomic E-state index is 13.9. The number of anilines is 1. The molecule has 0 saturated carbocycles. The molecule has 1 atom stereocenters. The zero-order valence-corrected chi connectivity index (χ0v) is 18.3. The van der Waals surface area contributed by atoms with E-state index in [2.05, 4.69) is 15.5 Å². The van der Waals surface area contributed by atoms with Crippen molar-refractivity contribution >= 4 is 40.2 Å². The highest BCUT2D eigenvalue weighted by molar-refractivity contribution is 7.13. The van der Waals surface area contributed by atoms with Gasteiger partial charge in [-0.05, 0) is 54.3 Å². The van der Waals surface area contributed by atoms with Gasteiger partial charge in [0.2, 0.25) is 5.82 Å². The standard InChI is InChI=1S/C23H16ClFN4O2S/c1-13-19(22-27-21(28-31-22)18-6-3-11-32-18)20(14-7-9-15(24)10-8-14)26-23(30)29(13)17-5-2-4-16(25)12-17/h2-12,20H,1H3,(H,26,30). The minimum Gasteiger partial charge on any atom is -0.334 e. The van der Waals surface area contributed by atoms with Crippen molar-refractivity contribution in [2.75, 3.05) is 4.90 Å². The third-order valence-corrected chi connectivity index (χ3v) is 6.27. The van der Waals surface area contributed by atoms with Gasteiger partial charge in [0, 0.05) is 10.7 Å². The predicted molar refractivity (Wildman–Crippen MR) is 122 cm³/mol. The van der Waals surface area contributed by atoms with E-state index in [4.69, 9.17) is 16.1 Å². The molecule has 4 aromatic rings. The molecule has 0 spiro atoms. The number of nitrogens with one attached hydrogen (secondary N) is 1. The lowest BCUT2D eigenvalue weighted by Crippen LogP contribution is -2.46. The number of benzene rings is 2. The quantitative estimate of drug-likeness (QED) is 0.383. The third kappa shape index (κ3) is 3.68. The van der Waals surface area contributed by atoms with Crippen LogP contribution < -0.4 is 10.2 Å². The van der Waals surface area contributed by atoms with E-state index >= 15 is 0 Å². The molecule has 0 fully saturated rings. The van der Waals surface area contributed by atoms with E-state index in [1.54, 1.807) is 31.2 Å². The van der Waals surface area contributed by atoms with Crippen molar-refractivity contribution in [3.63, 3.8) is 0 Å². The Labute approximate surface area is 191 Å². The van der Waals surface area contributed by atoms with Crippen LogP contribution in [-0.4, -0.2) is 16.2 Å². The molecule has 32 heavy (non-hydrogen) atoms. The van der Waals surface area contributed by atoms with Crippen molar-refractivity contribution in [3.05, 3.63) is 94.0 Å².